The minimum atomic E-state index is -2.75. The quantitative estimate of drug-likeness (QED) is 0.490. The molecule has 0 aliphatic carbocycles. The van der Waals surface area contributed by atoms with E-state index in [1.165, 1.54) is 9.24 Å². The van der Waals surface area contributed by atoms with Crippen LogP contribution in [-0.4, -0.2) is 38.7 Å². The van der Waals surface area contributed by atoms with Crippen LogP contribution in [0.3, 0.4) is 0 Å². The molecule has 0 saturated carbocycles. The van der Waals surface area contributed by atoms with Gasteiger partial charge in [-0.1, -0.05) is 21.4 Å². The van der Waals surface area contributed by atoms with Crippen LogP contribution in [0.15, 0.2) is 24.3 Å². The van der Waals surface area contributed by atoms with E-state index in [0.29, 0.717) is 26.4 Å². The van der Waals surface area contributed by atoms with Crippen LogP contribution in [0.1, 0.15) is 12.0 Å². The third-order valence-electron chi connectivity index (χ3n) is 2.44. The first-order chi connectivity index (χ1) is 9.47. The highest BCUT2D eigenvalue weighted by molar-refractivity contribution is 7.18. The summed E-state index contributed by atoms with van der Waals surface area (Å²) in [6, 6.07) is 7.77. The summed E-state index contributed by atoms with van der Waals surface area (Å²) in [6.07, 6.45) is -0.297. The molecule has 0 heterocycles. The van der Waals surface area contributed by atoms with E-state index >= 15 is 0 Å². The normalized spacial score (nSPS) is 11.6. The molecule has 0 radical (unpaired) electrons. The van der Waals surface area contributed by atoms with Crippen molar-refractivity contribution < 1.29 is 23.0 Å². The van der Waals surface area contributed by atoms with Gasteiger partial charge in [0.2, 0.25) is 0 Å². The number of hydrogen-bond acceptors (Lipinski definition) is 3. The predicted molar refractivity (Wildman–Crippen MR) is 77.6 cm³/mol. The van der Waals surface area contributed by atoms with Crippen molar-refractivity contribution in [2.24, 2.45) is 0 Å². The van der Waals surface area contributed by atoms with E-state index in [4.69, 9.17) is 14.2 Å². The van der Waals surface area contributed by atoms with E-state index in [1.54, 1.807) is 0 Å². The zero-order valence-corrected chi connectivity index (χ0v) is 12.8. The van der Waals surface area contributed by atoms with Gasteiger partial charge in [0.05, 0.1) is 26.4 Å². The second kappa shape index (κ2) is 9.22. The topological polar surface area (TPSA) is 27.7 Å². The fourth-order valence-electron chi connectivity index (χ4n) is 1.45. The number of aryl methyl sites for hydroxylation is 1. The molecule has 1 aromatic carbocycles. The number of ether oxygens (including phenoxy) is 3. The second-order valence-corrected chi connectivity index (χ2v) is 5.25. The van der Waals surface area contributed by atoms with Crippen LogP contribution in [0, 0.1) is 6.92 Å². The van der Waals surface area contributed by atoms with Crippen molar-refractivity contribution in [3.05, 3.63) is 29.8 Å². The SMILES string of the molecule is Cc1cccc(OCCOCCOCCC(F)(F)P)c1. The molecule has 1 unspecified atom stereocenters. The molecule has 1 aromatic rings. The lowest BCUT2D eigenvalue weighted by molar-refractivity contribution is 0.0100. The van der Waals surface area contributed by atoms with Gasteiger partial charge in [-0.2, -0.15) is 0 Å². The Balaban J connectivity index is 1.93. The van der Waals surface area contributed by atoms with Crippen LogP contribution in [0.5, 0.6) is 5.75 Å². The zero-order chi connectivity index (χ0) is 14.8. The van der Waals surface area contributed by atoms with Crippen LogP contribution in [0.2, 0.25) is 0 Å². The molecular weight excluding hydrogens is 285 g/mol. The Bertz CT molecular complexity index is 383. The summed E-state index contributed by atoms with van der Waals surface area (Å²) in [4.78, 5) is 0. The van der Waals surface area contributed by atoms with E-state index in [2.05, 4.69) is 0 Å². The summed E-state index contributed by atoms with van der Waals surface area (Å²) in [6.45, 7) is 3.60. The standard InChI is InChI=1S/C14H21F2O3P/c1-12-3-2-4-13(11-12)19-10-9-18-8-7-17-6-5-14(15,16)20/h2-4,11H,5-10,20H2,1H3. The van der Waals surface area contributed by atoms with Crippen molar-refractivity contribution in [1.82, 2.24) is 0 Å². The van der Waals surface area contributed by atoms with Gasteiger partial charge in [0.25, 0.3) is 5.66 Å². The monoisotopic (exact) mass is 306 g/mol. The third-order valence-corrected chi connectivity index (χ3v) is 2.73. The predicted octanol–water partition coefficient (Wildman–Crippen LogP) is 3.27. The minimum Gasteiger partial charge on any atom is -0.491 e. The first-order valence-corrected chi connectivity index (χ1v) is 7.07. The summed E-state index contributed by atoms with van der Waals surface area (Å²) in [5, 5.41) is 0. The van der Waals surface area contributed by atoms with Gasteiger partial charge in [0.1, 0.15) is 12.4 Å². The number of alkyl halides is 2. The van der Waals surface area contributed by atoms with E-state index in [-0.39, 0.29) is 13.0 Å². The fraction of sp³-hybridized carbons (Fsp3) is 0.571. The maximum absolute atomic E-state index is 12.4. The molecule has 6 heteroatoms. The molecule has 0 aliphatic heterocycles. The van der Waals surface area contributed by atoms with Crippen LogP contribution in [-0.2, 0) is 9.47 Å². The Morgan fingerprint density at radius 1 is 1.05 bits per heavy atom. The Hall–Kier alpha value is -0.770. The Kier molecular flexibility index (Phi) is 7.97. The average molecular weight is 306 g/mol. The smallest absolute Gasteiger partial charge is 0.261 e. The number of rotatable bonds is 10. The van der Waals surface area contributed by atoms with Crippen LogP contribution in [0.4, 0.5) is 8.78 Å². The van der Waals surface area contributed by atoms with Gasteiger partial charge in [-0.05, 0) is 24.6 Å². The first kappa shape index (κ1) is 17.3. The summed E-state index contributed by atoms with van der Waals surface area (Å²) < 4.78 is 40.6. The van der Waals surface area contributed by atoms with Gasteiger partial charge in [0, 0.05) is 6.42 Å². The largest absolute Gasteiger partial charge is 0.491 e. The Morgan fingerprint density at radius 2 is 1.70 bits per heavy atom. The van der Waals surface area contributed by atoms with Crippen molar-refractivity contribution in [2.75, 3.05) is 33.0 Å². The van der Waals surface area contributed by atoms with Gasteiger partial charge in [-0.25, -0.2) is 8.78 Å². The fourth-order valence-corrected chi connectivity index (χ4v) is 1.57. The molecule has 20 heavy (non-hydrogen) atoms. The third kappa shape index (κ3) is 9.18. The van der Waals surface area contributed by atoms with Crippen molar-refractivity contribution >= 4 is 9.24 Å². The van der Waals surface area contributed by atoms with Crippen molar-refractivity contribution in [2.45, 2.75) is 19.0 Å². The maximum Gasteiger partial charge on any atom is 0.261 e. The van der Waals surface area contributed by atoms with Gasteiger partial charge >= 0.3 is 0 Å². The van der Waals surface area contributed by atoms with E-state index in [9.17, 15) is 8.78 Å². The second-order valence-electron chi connectivity index (χ2n) is 4.40. The summed E-state index contributed by atoms with van der Waals surface area (Å²) in [5.41, 5.74) is -1.61. The molecule has 3 nitrogen and oxygen atoms in total. The molecule has 0 bridgehead atoms. The van der Waals surface area contributed by atoms with Crippen molar-refractivity contribution in [3.8, 4) is 5.75 Å². The molecule has 0 aromatic heterocycles. The highest BCUT2D eigenvalue weighted by Crippen LogP contribution is 2.25. The highest BCUT2D eigenvalue weighted by Gasteiger charge is 2.20. The van der Waals surface area contributed by atoms with Gasteiger partial charge in [-0.3, -0.25) is 0 Å². The van der Waals surface area contributed by atoms with E-state index in [1.807, 2.05) is 31.2 Å². The summed E-state index contributed by atoms with van der Waals surface area (Å²) in [7, 11) is 1.49. The highest BCUT2D eigenvalue weighted by atomic mass is 31.0. The summed E-state index contributed by atoms with van der Waals surface area (Å²) >= 11 is 0. The van der Waals surface area contributed by atoms with E-state index in [0.717, 1.165) is 11.3 Å². The van der Waals surface area contributed by atoms with E-state index < -0.39 is 5.66 Å². The lowest BCUT2D eigenvalue weighted by Crippen LogP contribution is -2.14. The Labute approximate surface area is 120 Å². The Morgan fingerprint density at radius 3 is 2.35 bits per heavy atom. The molecule has 0 saturated heterocycles. The number of hydrogen-bond donors (Lipinski definition) is 0. The molecule has 1 rings (SSSR count). The zero-order valence-electron chi connectivity index (χ0n) is 11.6. The molecule has 0 spiro atoms. The maximum atomic E-state index is 12.4. The molecule has 0 N–H and O–H groups in total. The molecule has 0 fully saturated rings. The van der Waals surface area contributed by atoms with Crippen LogP contribution in [0.25, 0.3) is 0 Å². The van der Waals surface area contributed by atoms with Crippen LogP contribution < -0.4 is 4.74 Å². The number of benzene rings is 1. The molecule has 1 atom stereocenters. The van der Waals surface area contributed by atoms with Crippen molar-refractivity contribution in [1.29, 1.82) is 0 Å². The molecule has 0 aliphatic rings. The summed E-state index contributed by atoms with van der Waals surface area (Å²) in [5.74, 6) is 0.813. The first-order valence-electron chi connectivity index (χ1n) is 6.49. The average Bonchev–Trinajstić information content (AvgIpc) is 2.35. The molecular formula is C14H21F2O3P. The lowest BCUT2D eigenvalue weighted by Gasteiger charge is -2.10. The lowest BCUT2D eigenvalue weighted by atomic mass is 10.2. The van der Waals surface area contributed by atoms with Crippen LogP contribution >= 0.6 is 9.24 Å². The van der Waals surface area contributed by atoms with Crippen molar-refractivity contribution in [3.63, 3.8) is 0 Å². The van der Waals surface area contributed by atoms with Gasteiger partial charge < -0.3 is 14.2 Å². The van der Waals surface area contributed by atoms with Gasteiger partial charge in [-0.15, -0.1) is 0 Å². The molecule has 0 amide bonds. The van der Waals surface area contributed by atoms with Gasteiger partial charge in [0.15, 0.2) is 0 Å². The minimum absolute atomic E-state index is 0.0274. The molecule has 114 valence electrons. The number of halogens is 2.